The Bertz CT molecular complexity index is 1020. The van der Waals surface area contributed by atoms with Crippen LogP contribution in [0.5, 0.6) is 0 Å². The number of carbonyl (C=O) groups excluding carboxylic acids is 1. The lowest BCUT2D eigenvalue weighted by molar-refractivity contribution is -0.122. The van der Waals surface area contributed by atoms with Gasteiger partial charge in [-0.1, -0.05) is 12.6 Å². The molecule has 0 spiro atoms. The minimum atomic E-state index is -0.0996. The van der Waals surface area contributed by atoms with Gasteiger partial charge in [-0.05, 0) is 86.3 Å². The molecule has 2 atom stereocenters. The van der Waals surface area contributed by atoms with Gasteiger partial charge in [-0.25, -0.2) is 0 Å². The number of carbonyl (C=O) groups is 1. The second-order valence-electron chi connectivity index (χ2n) is 9.83. The van der Waals surface area contributed by atoms with Crippen LogP contribution in [0.3, 0.4) is 0 Å². The highest BCUT2D eigenvalue weighted by Crippen LogP contribution is 2.58. The summed E-state index contributed by atoms with van der Waals surface area (Å²) in [5.41, 5.74) is 0.921. The molecule has 4 fully saturated rings. The summed E-state index contributed by atoms with van der Waals surface area (Å²) < 4.78 is 1.48. The van der Waals surface area contributed by atoms with E-state index in [1.807, 2.05) is 31.3 Å². The van der Waals surface area contributed by atoms with Crippen molar-refractivity contribution in [2.24, 2.45) is 23.2 Å². The molecule has 1 amide bonds. The van der Waals surface area contributed by atoms with E-state index in [0.717, 1.165) is 28.8 Å². The molecule has 0 saturated heterocycles. The molecule has 0 aliphatic heterocycles. The van der Waals surface area contributed by atoms with Crippen LogP contribution in [0.25, 0.3) is 17.0 Å². The number of anilines is 1. The molecule has 0 radical (unpaired) electrons. The van der Waals surface area contributed by atoms with Crippen LogP contribution in [0.2, 0.25) is 0 Å². The number of pyridine rings is 1. The van der Waals surface area contributed by atoms with Crippen LogP contribution < -0.4 is 10.5 Å². The third kappa shape index (κ3) is 3.13. The minimum absolute atomic E-state index is 0.0996. The summed E-state index contributed by atoms with van der Waals surface area (Å²) in [5.74, 6) is 2.76. The maximum atomic E-state index is 13.4. The fourth-order valence-electron chi connectivity index (χ4n) is 6.81. The Hall–Kier alpha value is -2.36. The second kappa shape index (κ2) is 6.86. The van der Waals surface area contributed by atoms with Crippen LogP contribution in [0, 0.1) is 23.2 Å². The molecule has 1 aromatic carbocycles. The molecular formula is C25H30N2O2. The summed E-state index contributed by atoms with van der Waals surface area (Å²) >= 11 is 0. The average molecular weight is 391 g/mol. The maximum absolute atomic E-state index is 13.4. The number of benzene rings is 1. The number of rotatable bonds is 4. The Balaban J connectivity index is 1.44. The van der Waals surface area contributed by atoms with Crippen molar-refractivity contribution in [3.05, 3.63) is 47.4 Å². The average Bonchev–Trinajstić information content (AvgIpc) is 2.90. The van der Waals surface area contributed by atoms with Crippen LogP contribution >= 0.6 is 0 Å². The molecular weight excluding hydrogens is 360 g/mol. The highest BCUT2D eigenvalue weighted by Gasteiger charge is 2.48. The van der Waals surface area contributed by atoms with Crippen LogP contribution in [0.1, 0.15) is 51.4 Å². The Labute approximate surface area is 172 Å². The van der Waals surface area contributed by atoms with Gasteiger partial charge in [0.15, 0.2) is 0 Å². The smallest absolute Gasteiger partial charge is 0.262 e. The molecule has 4 bridgehead atoms. The highest BCUT2D eigenvalue weighted by atomic mass is 16.2. The van der Waals surface area contributed by atoms with Crippen molar-refractivity contribution in [1.29, 1.82) is 0 Å². The van der Waals surface area contributed by atoms with E-state index in [-0.39, 0.29) is 16.9 Å². The van der Waals surface area contributed by atoms with Gasteiger partial charge in [0.2, 0.25) is 5.91 Å². The Morgan fingerprint density at radius 2 is 1.90 bits per heavy atom. The van der Waals surface area contributed by atoms with E-state index in [4.69, 9.17) is 0 Å². The molecule has 4 heteroatoms. The van der Waals surface area contributed by atoms with Crippen molar-refractivity contribution < 1.29 is 4.79 Å². The topological polar surface area (TPSA) is 42.3 Å². The summed E-state index contributed by atoms with van der Waals surface area (Å²) in [6.45, 7) is 3.69. The van der Waals surface area contributed by atoms with Crippen LogP contribution in [-0.4, -0.2) is 17.5 Å². The molecule has 6 rings (SSSR count). The van der Waals surface area contributed by atoms with E-state index in [2.05, 4.69) is 6.58 Å². The fraction of sp³-hybridized carbons (Fsp3) is 0.520. The van der Waals surface area contributed by atoms with E-state index in [1.54, 1.807) is 11.1 Å². The van der Waals surface area contributed by atoms with Gasteiger partial charge in [0.25, 0.3) is 5.56 Å². The lowest BCUT2D eigenvalue weighted by atomic mass is 9.60. The summed E-state index contributed by atoms with van der Waals surface area (Å²) in [6.07, 6.45) is 13.0. The molecule has 152 valence electrons. The third-order valence-corrected chi connectivity index (χ3v) is 7.93. The van der Waals surface area contributed by atoms with Gasteiger partial charge < -0.3 is 4.90 Å². The molecule has 29 heavy (non-hydrogen) atoms. The van der Waals surface area contributed by atoms with E-state index in [0.29, 0.717) is 11.8 Å². The van der Waals surface area contributed by atoms with Crippen LogP contribution in [-0.2, 0) is 4.79 Å². The van der Waals surface area contributed by atoms with Gasteiger partial charge in [0.05, 0.1) is 5.69 Å². The first-order valence-corrected chi connectivity index (χ1v) is 11.0. The van der Waals surface area contributed by atoms with Crippen molar-refractivity contribution in [1.82, 2.24) is 4.57 Å². The molecule has 0 N–H and O–H groups in total. The number of hydrogen-bond acceptors (Lipinski definition) is 2. The van der Waals surface area contributed by atoms with E-state index in [1.165, 1.54) is 55.7 Å². The number of aromatic nitrogens is 1. The lowest BCUT2D eigenvalue weighted by Crippen LogP contribution is -2.39. The first-order chi connectivity index (χ1) is 14.0. The molecule has 4 nitrogen and oxygen atoms in total. The van der Waals surface area contributed by atoms with Crippen molar-refractivity contribution in [3.63, 3.8) is 0 Å². The second-order valence-corrected chi connectivity index (χ2v) is 9.83. The fourth-order valence-corrected chi connectivity index (χ4v) is 6.81. The monoisotopic (exact) mass is 390 g/mol. The van der Waals surface area contributed by atoms with Gasteiger partial charge in [-0.2, -0.15) is 0 Å². The van der Waals surface area contributed by atoms with Crippen molar-refractivity contribution in [3.8, 4) is 0 Å². The zero-order chi connectivity index (χ0) is 20.2. The van der Waals surface area contributed by atoms with E-state index >= 15 is 0 Å². The summed E-state index contributed by atoms with van der Waals surface area (Å²) in [6, 6.07) is 7.55. The summed E-state index contributed by atoms with van der Waals surface area (Å²) in [5, 5.41) is 1.45. The van der Waals surface area contributed by atoms with Crippen LogP contribution in [0.4, 0.5) is 5.69 Å². The molecule has 4 aliphatic carbocycles. The molecule has 4 aliphatic rings. The normalized spacial score (nSPS) is 30.3. The minimum Gasteiger partial charge on any atom is -0.315 e. The number of nitrogens with zero attached hydrogens (tertiary/aromatic N) is 2. The predicted octanol–water partition coefficient (Wildman–Crippen LogP) is 5.06. The zero-order valence-electron chi connectivity index (χ0n) is 17.3. The third-order valence-electron chi connectivity index (χ3n) is 7.93. The molecule has 2 unspecified atom stereocenters. The van der Waals surface area contributed by atoms with Gasteiger partial charge >= 0.3 is 0 Å². The Kier molecular flexibility index (Phi) is 4.41. The van der Waals surface area contributed by atoms with E-state index < -0.39 is 0 Å². The number of fused-ring (bicyclic) bond motifs is 2. The zero-order valence-corrected chi connectivity index (χ0v) is 17.3. The van der Waals surface area contributed by atoms with E-state index in [9.17, 15) is 9.59 Å². The van der Waals surface area contributed by atoms with Crippen LogP contribution in [0.15, 0.2) is 41.8 Å². The van der Waals surface area contributed by atoms with Gasteiger partial charge in [-0.15, -0.1) is 0 Å². The van der Waals surface area contributed by atoms with Crippen molar-refractivity contribution in [2.75, 3.05) is 11.9 Å². The van der Waals surface area contributed by atoms with Gasteiger partial charge in [-0.3, -0.25) is 14.2 Å². The Morgan fingerprint density at radius 3 is 2.62 bits per heavy atom. The quantitative estimate of drug-likeness (QED) is 0.732. The lowest BCUT2D eigenvalue weighted by Gasteiger charge is -2.45. The van der Waals surface area contributed by atoms with Crippen molar-refractivity contribution >= 4 is 28.6 Å². The largest absolute Gasteiger partial charge is 0.315 e. The first kappa shape index (κ1) is 18.7. The molecule has 4 saturated carbocycles. The number of amides is 1. The summed E-state index contributed by atoms with van der Waals surface area (Å²) in [4.78, 5) is 27.8. The highest BCUT2D eigenvalue weighted by molar-refractivity contribution is 6.03. The van der Waals surface area contributed by atoms with Crippen molar-refractivity contribution in [2.45, 2.75) is 51.4 Å². The predicted molar refractivity (Wildman–Crippen MR) is 118 cm³/mol. The standard InChI is InChI=1S/C25H30N2O2/c1-3-27-10-8-20-21(24(27)29)5-4-6-22(20)26(2)23(28)16-25-9-7-17-11-18(14-25)13-19(12-17)15-25/h3-6,8,10,17-19H,1,7,9,11-16H2,2H3. The SMILES string of the molecule is C=Cn1ccc2c(N(C)C(=O)CC34CCC5CC(CC(C5)C3)C4)cccc2c1=O. The maximum Gasteiger partial charge on any atom is 0.262 e. The first-order valence-electron chi connectivity index (χ1n) is 11.0. The Morgan fingerprint density at radius 1 is 1.17 bits per heavy atom. The number of hydrogen-bond donors (Lipinski definition) is 0. The molecule has 1 heterocycles. The summed E-state index contributed by atoms with van der Waals surface area (Å²) in [7, 11) is 1.86. The van der Waals surface area contributed by atoms with Gasteiger partial charge in [0, 0.05) is 36.6 Å². The van der Waals surface area contributed by atoms with Gasteiger partial charge in [0.1, 0.15) is 0 Å². The molecule has 1 aromatic heterocycles. The molecule has 2 aromatic rings.